The van der Waals surface area contributed by atoms with Gasteiger partial charge >= 0.3 is 0 Å². The molecule has 0 aromatic carbocycles. The first-order valence-corrected chi connectivity index (χ1v) is 4.11. The van der Waals surface area contributed by atoms with Gasteiger partial charge in [0.05, 0.1) is 12.0 Å². The highest BCUT2D eigenvalue weighted by Gasteiger charge is 2.08. The van der Waals surface area contributed by atoms with Crippen molar-refractivity contribution in [2.24, 2.45) is 5.92 Å². The van der Waals surface area contributed by atoms with Crippen LogP contribution in [0.1, 0.15) is 32.5 Å². The summed E-state index contributed by atoms with van der Waals surface area (Å²) in [5.41, 5.74) is 1.09. The van der Waals surface area contributed by atoms with Crippen LogP contribution in [0, 0.1) is 12.8 Å². The second-order valence-electron chi connectivity index (χ2n) is 3.45. The van der Waals surface area contributed by atoms with Crippen LogP contribution in [-0.2, 0) is 0 Å². The Bertz CT molecular complexity index is 225. The third-order valence-corrected chi connectivity index (χ3v) is 2.17. The standard InChI is InChI=1S/C9H16N2/c1-7(2)9(4)11-5-8(3)10-6-11/h5-7,9H,1-4H3. The SMILES string of the molecule is Cc1cn(C(C)C(C)C)cn1. The van der Waals surface area contributed by atoms with Gasteiger partial charge in [-0.1, -0.05) is 13.8 Å². The fraction of sp³-hybridized carbons (Fsp3) is 0.667. The normalized spacial score (nSPS) is 13.9. The molecule has 0 bridgehead atoms. The lowest BCUT2D eigenvalue weighted by Gasteiger charge is -2.16. The maximum atomic E-state index is 4.18. The van der Waals surface area contributed by atoms with Crippen molar-refractivity contribution in [3.8, 4) is 0 Å². The van der Waals surface area contributed by atoms with Gasteiger partial charge in [-0.3, -0.25) is 0 Å². The lowest BCUT2D eigenvalue weighted by Crippen LogP contribution is -2.09. The van der Waals surface area contributed by atoms with Crippen LogP contribution in [0.4, 0.5) is 0 Å². The minimum Gasteiger partial charge on any atom is -0.334 e. The van der Waals surface area contributed by atoms with Crippen molar-refractivity contribution in [3.05, 3.63) is 18.2 Å². The zero-order chi connectivity index (χ0) is 8.43. The summed E-state index contributed by atoms with van der Waals surface area (Å²) in [5, 5.41) is 0. The largest absolute Gasteiger partial charge is 0.334 e. The molecule has 11 heavy (non-hydrogen) atoms. The highest BCUT2D eigenvalue weighted by molar-refractivity contribution is 4.94. The predicted octanol–water partition coefficient (Wildman–Crippen LogP) is 2.41. The Hall–Kier alpha value is -0.790. The first-order chi connectivity index (χ1) is 5.11. The van der Waals surface area contributed by atoms with Crippen LogP contribution in [-0.4, -0.2) is 9.55 Å². The molecule has 1 unspecified atom stereocenters. The molecule has 1 aromatic heterocycles. The zero-order valence-electron chi connectivity index (χ0n) is 7.70. The van der Waals surface area contributed by atoms with E-state index in [1.165, 1.54) is 0 Å². The molecular weight excluding hydrogens is 136 g/mol. The van der Waals surface area contributed by atoms with Crippen LogP contribution in [0.3, 0.4) is 0 Å². The van der Waals surface area contributed by atoms with Crippen molar-refractivity contribution in [2.45, 2.75) is 33.7 Å². The molecule has 0 spiro atoms. The molecule has 1 heterocycles. The van der Waals surface area contributed by atoms with Gasteiger partial charge < -0.3 is 4.57 Å². The first kappa shape index (κ1) is 8.31. The number of rotatable bonds is 2. The number of hydrogen-bond acceptors (Lipinski definition) is 1. The summed E-state index contributed by atoms with van der Waals surface area (Å²) in [6.45, 7) is 8.68. The van der Waals surface area contributed by atoms with Gasteiger partial charge in [-0.15, -0.1) is 0 Å². The van der Waals surface area contributed by atoms with E-state index >= 15 is 0 Å². The molecule has 0 aliphatic rings. The molecule has 0 saturated carbocycles. The summed E-state index contributed by atoms with van der Waals surface area (Å²) in [6.07, 6.45) is 3.99. The van der Waals surface area contributed by atoms with E-state index in [1.807, 2.05) is 13.3 Å². The second-order valence-corrected chi connectivity index (χ2v) is 3.45. The molecule has 62 valence electrons. The molecular formula is C9H16N2. The minimum absolute atomic E-state index is 0.552. The molecule has 0 saturated heterocycles. The van der Waals surface area contributed by atoms with E-state index in [2.05, 4.69) is 36.5 Å². The maximum absolute atomic E-state index is 4.18. The predicted molar refractivity (Wildman–Crippen MR) is 46.5 cm³/mol. The Morgan fingerprint density at radius 2 is 2.00 bits per heavy atom. The lowest BCUT2D eigenvalue weighted by atomic mass is 10.1. The minimum atomic E-state index is 0.552. The van der Waals surface area contributed by atoms with Gasteiger partial charge in [0.1, 0.15) is 0 Å². The molecule has 1 atom stereocenters. The highest BCUT2D eigenvalue weighted by atomic mass is 15.1. The molecule has 2 nitrogen and oxygen atoms in total. The zero-order valence-corrected chi connectivity index (χ0v) is 7.70. The van der Waals surface area contributed by atoms with Crippen molar-refractivity contribution in [1.29, 1.82) is 0 Å². The van der Waals surface area contributed by atoms with Crippen LogP contribution in [0.15, 0.2) is 12.5 Å². The molecule has 0 aliphatic heterocycles. The Balaban J connectivity index is 2.76. The van der Waals surface area contributed by atoms with Gasteiger partial charge in [0.15, 0.2) is 0 Å². The molecule has 0 aliphatic carbocycles. The number of nitrogens with zero attached hydrogens (tertiary/aromatic N) is 2. The number of aryl methyl sites for hydroxylation is 1. The van der Waals surface area contributed by atoms with Gasteiger partial charge in [-0.2, -0.15) is 0 Å². The van der Waals surface area contributed by atoms with E-state index in [-0.39, 0.29) is 0 Å². The smallest absolute Gasteiger partial charge is 0.0951 e. The van der Waals surface area contributed by atoms with Gasteiger partial charge in [-0.25, -0.2) is 4.98 Å². The number of aromatic nitrogens is 2. The van der Waals surface area contributed by atoms with E-state index in [0.717, 1.165) is 5.69 Å². The summed E-state index contributed by atoms with van der Waals surface area (Å²) in [4.78, 5) is 4.18. The Labute approximate surface area is 68.3 Å². The summed E-state index contributed by atoms with van der Waals surface area (Å²) in [6, 6.07) is 0.552. The number of imidazole rings is 1. The van der Waals surface area contributed by atoms with E-state index in [4.69, 9.17) is 0 Å². The van der Waals surface area contributed by atoms with Gasteiger partial charge in [0, 0.05) is 12.2 Å². The molecule has 1 aromatic rings. The van der Waals surface area contributed by atoms with Crippen LogP contribution >= 0.6 is 0 Å². The van der Waals surface area contributed by atoms with E-state index in [0.29, 0.717) is 12.0 Å². The quantitative estimate of drug-likeness (QED) is 0.636. The summed E-state index contributed by atoms with van der Waals surface area (Å²) in [7, 11) is 0. The van der Waals surface area contributed by atoms with Crippen molar-refractivity contribution in [3.63, 3.8) is 0 Å². The lowest BCUT2D eigenvalue weighted by molar-refractivity contribution is 0.407. The van der Waals surface area contributed by atoms with Crippen LogP contribution in [0.5, 0.6) is 0 Å². The number of hydrogen-bond donors (Lipinski definition) is 0. The van der Waals surface area contributed by atoms with E-state index in [1.54, 1.807) is 0 Å². The van der Waals surface area contributed by atoms with Crippen LogP contribution in [0.2, 0.25) is 0 Å². The van der Waals surface area contributed by atoms with Gasteiger partial charge in [0.25, 0.3) is 0 Å². The maximum Gasteiger partial charge on any atom is 0.0951 e. The topological polar surface area (TPSA) is 17.8 Å². The summed E-state index contributed by atoms with van der Waals surface area (Å²) >= 11 is 0. The second kappa shape index (κ2) is 3.07. The monoisotopic (exact) mass is 152 g/mol. The first-order valence-electron chi connectivity index (χ1n) is 4.11. The highest BCUT2D eigenvalue weighted by Crippen LogP contribution is 2.15. The van der Waals surface area contributed by atoms with E-state index < -0.39 is 0 Å². The van der Waals surface area contributed by atoms with Gasteiger partial charge in [0.2, 0.25) is 0 Å². The van der Waals surface area contributed by atoms with E-state index in [9.17, 15) is 0 Å². The molecule has 0 N–H and O–H groups in total. The summed E-state index contributed by atoms with van der Waals surface area (Å²) < 4.78 is 2.17. The molecule has 0 amide bonds. The average molecular weight is 152 g/mol. The van der Waals surface area contributed by atoms with Crippen molar-refractivity contribution < 1.29 is 0 Å². The third-order valence-electron chi connectivity index (χ3n) is 2.17. The van der Waals surface area contributed by atoms with Crippen molar-refractivity contribution in [2.75, 3.05) is 0 Å². The fourth-order valence-corrected chi connectivity index (χ4v) is 1.01. The molecule has 0 fully saturated rings. The van der Waals surface area contributed by atoms with Crippen LogP contribution < -0.4 is 0 Å². The van der Waals surface area contributed by atoms with Crippen molar-refractivity contribution in [1.82, 2.24) is 9.55 Å². The molecule has 2 heteroatoms. The molecule has 0 radical (unpaired) electrons. The summed E-state index contributed by atoms with van der Waals surface area (Å²) in [5.74, 6) is 0.670. The average Bonchev–Trinajstić information content (AvgIpc) is 2.34. The third kappa shape index (κ3) is 1.82. The Morgan fingerprint density at radius 1 is 1.36 bits per heavy atom. The van der Waals surface area contributed by atoms with Crippen molar-refractivity contribution >= 4 is 0 Å². The Morgan fingerprint density at radius 3 is 2.36 bits per heavy atom. The fourth-order valence-electron chi connectivity index (χ4n) is 1.01. The van der Waals surface area contributed by atoms with Gasteiger partial charge in [-0.05, 0) is 19.8 Å². The van der Waals surface area contributed by atoms with Crippen LogP contribution in [0.25, 0.3) is 0 Å². The molecule has 1 rings (SSSR count). The Kier molecular flexibility index (Phi) is 2.32.